The summed E-state index contributed by atoms with van der Waals surface area (Å²) in [7, 11) is 0. The van der Waals surface area contributed by atoms with Gasteiger partial charge in [-0.15, -0.1) is 0 Å². The summed E-state index contributed by atoms with van der Waals surface area (Å²) in [5.41, 5.74) is 3.00. The molecule has 27 heavy (non-hydrogen) atoms. The van der Waals surface area contributed by atoms with Crippen LogP contribution in [-0.2, 0) is 0 Å². The van der Waals surface area contributed by atoms with E-state index in [1.165, 1.54) is 11.3 Å². The fourth-order valence-corrected chi connectivity index (χ4v) is 3.77. The third kappa shape index (κ3) is 4.95. The zero-order valence-electron chi connectivity index (χ0n) is 16.4. The molecule has 1 atom stereocenters. The van der Waals surface area contributed by atoms with Crippen molar-refractivity contribution in [2.45, 2.75) is 59.4 Å². The third-order valence-corrected chi connectivity index (χ3v) is 6.05. The van der Waals surface area contributed by atoms with Gasteiger partial charge in [0.25, 0.3) is 5.91 Å². The van der Waals surface area contributed by atoms with E-state index in [1.807, 2.05) is 26.0 Å². The molecule has 1 aromatic heterocycles. The van der Waals surface area contributed by atoms with Crippen LogP contribution in [0.3, 0.4) is 0 Å². The Morgan fingerprint density at radius 2 is 2.04 bits per heavy atom. The average Bonchev–Trinajstić information content (AvgIpc) is 3.37. The lowest BCUT2D eigenvalue weighted by Crippen LogP contribution is -2.13. The SMILES string of the molecule is CC[C@H](C)Nc1nc(C)c(C(=O)Nc2cc(C(=O)CC3CC3)ccc2C)s1. The first-order chi connectivity index (χ1) is 12.9. The van der Waals surface area contributed by atoms with Crippen molar-refractivity contribution in [2.75, 3.05) is 10.6 Å². The fraction of sp³-hybridized carbons (Fsp3) is 0.476. The maximum Gasteiger partial charge on any atom is 0.267 e. The number of hydrogen-bond acceptors (Lipinski definition) is 5. The molecular formula is C21H27N3O2S. The first kappa shape index (κ1) is 19.5. The lowest BCUT2D eigenvalue weighted by molar-refractivity contribution is 0.0974. The summed E-state index contributed by atoms with van der Waals surface area (Å²) in [4.78, 5) is 30.2. The highest BCUT2D eigenvalue weighted by Crippen LogP contribution is 2.34. The Bertz CT molecular complexity index is 855. The molecule has 2 N–H and O–H groups in total. The number of ketones is 1. The Morgan fingerprint density at radius 3 is 2.70 bits per heavy atom. The van der Waals surface area contributed by atoms with Crippen molar-refractivity contribution in [1.29, 1.82) is 0 Å². The largest absolute Gasteiger partial charge is 0.359 e. The summed E-state index contributed by atoms with van der Waals surface area (Å²) in [5.74, 6) is 0.521. The number of nitrogens with zero attached hydrogens (tertiary/aromatic N) is 1. The van der Waals surface area contributed by atoms with Gasteiger partial charge in [0.05, 0.1) is 5.69 Å². The molecule has 1 saturated carbocycles. The van der Waals surface area contributed by atoms with Gasteiger partial charge in [0, 0.05) is 23.7 Å². The van der Waals surface area contributed by atoms with Crippen molar-refractivity contribution >= 4 is 33.8 Å². The molecule has 5 nitrogen and oxygen atoms in total. The topological polar surface area (TPSA) is 71.1 Å². The number of benzene rings is 1. The molecule has 0 bridgehead atoms. The van der Waals surface area contributed by atoms with Crippen LogP contribution >= 0.6 is 11.3 Å². The molecule has 0 saturated heterocycles. The highest BCUT2D eigenvalue weighted by Gasteiger charge is 2.25. The number of thiazole rings is 1. The first-order valence-corrected chi connectivity index (χ1v) is 10.4. The molecule has 1 aliphatic carbocycles. The second-order valence-electron chi connectivity index (χ2n) is 7.44. The van der Waals surface area contributed by atoms with Crippen molar-refractivity contribution in [3.8, 4) is 0 Å². The molecule has 0 radical (unpaired) electrons. The van der Waals surface area contributed by atoms with E-state index in [0.29, 0.717) is 40.2 Å². The van der Waals surface area contributed by atoms with Crippen LogP contribution in [0.4, 0.5) is 10.8 Å². The third-order valence-electron chi connectivity index (χ3n) is 4.96. The molecule has 144 valence electrons. The Morgan fingerprint density at radius 1 is 1.30 bits per heavy atom. The zero-order chi connectivity index (χ0) is 19.6. The standard InChI is InChI=1S/C21H27N3O2S/c1-5-13(3)22-21-23-14(4)19(27-21)20(26)24-17-11-16(9-6-12(17)2)18(25)10-15-7-8-15/h6,9,11,13,15H,5,7-8,10H2,1-4H3,(H,22,23)(H,24,26)/t13-/m0/s1. The molecule has 0 spiro atoms. The summed E-state index contributed by atoms with van der Waals surface area (Å²) in [6.45, 7) is 7.96. The summed E-state index contributed by atoms with van der Waals surface area (Å²) in [5, 5.41) is 7.04. The van der Waals surface area contributed by atoms with Gasteiger partial charge in [-0.25, -0.2) is 4.98 Å². The molecular weight excluding hydrogens is 358 g/mol. The summed E-state index contributed by atoms with van der Waals surface area (Å²) < 4.78 is 0. The Kier molecular flexibility index (Phi) is 5.95. The maximum absolute atomic E-state index is 12.8. The molecule has 1 aromatic carbocycles. The van der Waals surface area contributed by atoms with Crippen LogP contribution in [0.25, 0.3) is 0 Å². The Hall–Kier alpha value is -2.21. The summed E-state index contributed by atoms with van der Waals surface area (Å²) in [6, 6.07) is 5.85. The summed E-state index contributed by atoms with van der Waals surface area (Å²) >= 11 is 1.36. The fourth-order valence-electron chi connectivity index (χ4n) is 2.79. The maximum atomic E-state index is 12.8. The minimum Gasteiger partial charge on any atom is -0.359 e. The normalized spacial score (nSPS) is 14.7. The van der Waals surface area contributed by atoms with Crippen LogP contribution in [0, 0.1) is 19.8 Å². The van der Waals surface area contributed by atoms with E-state index >= 15 is 0 Å². The van der Waals surface area contributed by atoms with Crippen LogP contribution in [0.1, 0.15) is 70.8 Å². The van der Waals surface area contributed by atoms with Crippen molar-refractivity contribution in [3.05, 3.63) is 39.9 Å². The quantitative estimate of drug-likeness (QED) is 0.612. The van der Waals surface area contributed by atoms with Crippen LogP contribution in [0.2, 0.25) is 0 Å². The predicted octanol–water partition coefficient (Wildman–Crippen LogP) is 5.21. The van der Waals surface area contributed by atoms with Crippen LogP contribution < -0.4 is 10.6 Å². The van der Waals surface area contributed by atoms with E-state index in [0.717, 1.165) is 30.0 Å². The number of carbonyl (C=O) groups excluding carboxylic acids is 2. The van der Waals surface area contributed by atoms with E-state index in [4.69, 9.17) is 0 Å². The Labute approximate surface area is 164 Å². The summed E-state index contributed by atoms with van der Waals surface area (Å²) in [6.07, 6.45) is 3.90. The smallest absolute Gasteiger partial charge is 0.267 e. The van der Waals surface area contributed by atoms with Crippen molar-refractivity contribution < 1.29 is 9.59 Å². The monoisotopic (exact) mass is 385 g/mol. The van der Waals surface area contributed by atoms with Gasteiger partial charge in [0.15, 0.2) is 10.9 Å². The minimum atomic E-state index is -0.183. The van der Waals surface area contributed by atoms with Crippen LogP contribution in [0.15, 0.2) is 18.2 Å². The number of aryl methyl sites for hydroxylation is 2. The van der Waals surface area contributed by atoms with Crippen molar-refractivity contribution in [1.82, 2.24) is 4.98 Å². The second-order valence-corrected chi connectivity index (χ2v) is 8.44. The second kappa shape index (κ2) is 8.21. The molecule has 0 aliphatic heterocycles. The molecule has 6 heteroatoms. The number of rotatable bonds is 8. The lowest BCUT2D eigenvalue weighted by Gasteiger charge is -2.10. The van der Waals surface area contributed by atoms with E-state index in [9.17, 15) is 9.59 Å². The van der Waals surface area contributed by atoms with Crippen molar-refractivity contribution in [3.63, 3.8) is 0 Å². The van der Waals surface area contributed by atoms with Gasteiger partial charge in [-0.2, -0.15) is 0 Å². The van der Waals surface area contributed by atoms with Gasteiger partial charge in [-0.3, -0.25) is 9.59 Å². The average molecular weight is 386 g/mol. The molecule has 1 amide bonds. The molecule has 1 aliphatic rings. The number of aromatic nitrogens is 1. The lowest BCUT2D eigenvalue weighted by atomic mass is 10.0. The predicted molar refractivity (Wildman–Crippen MR) is 111 cm³/mol. The number of Topliss-reactive ketones (excluding diaryl/α,β-unsaturated/α-hetero) is 1. The number of anilines is 2. The number of hydrogen-bond donors (Lipinski definition) is 2. The van der Waals surface area contributed by atoms with Crippen LogP contribution in [-0.4, -0.2) is 22.7 Å². The van der Waals surface area contributed by atoms with Gasteiger partial charge in [0.2, 0.25) is 0 Å². The number of amides is 1. The van der Waals surface area contributed by atoms with Gasteiger partial charge in [-0.1, -0.05) is 30.4 Å². The molecule has 1 fully saturated rings. The van der Waals surface area contributed by atoms with Gasteiger partial charge in [0.1, 0.15) is 4.88 Å². The molecule has 0 unspecified atom stereocenters. The highest BCUT2D eigenvalue weighted by atomic mass is 32.1. The van der Waals surface area contributed by atoms with E-state index in [2.05, 4.69) is 29.5 Å². The Balaban J connectivity index is 1.74. The molecule has 2 aromatic rings. The molecule has 3 rings (SSSR count). The van der Waals surface area contributed by atoms with Crippen LogP contribution in [0.5, 0.6) is 0 Å². The van der Waals surface area contributed by atoms with E-state index in [-0.39, 0.29) is 11.7 Å². The van der Waals surface area contributed by atoms with Gasteiger partial charge >= 0.3 is 0 Å². The van der Waals surface area contributed by atoms with Gasteiger partial charge < -0.3 is 10.6 Å². The highest BCUT2D eigenvalue weighted by molar-refractivity contribution is 7.17. The zero-order valence-corrected chi connectivity index (χ0v) is 17.2. The van der Waals surface area contributed by atoms with Gasteiger partial charge in [-0.05, 0) is 57.6 Å². The van der Waals surface area contributed by atoms with Crippen molar-refractivity contribution in [2.24, 2.45) is 5.92 Å². The number of carbonyl (C=O) groups is 2. The van der Waals surface area contributed by atoms with E-state index in [1.54, 1.807) is 6.07 Å². The number of nitrogens with one attached hydrogen (secondary N) is 2. The molecule has 1 heterocycles. The van der Waals surface area contributed by atoms with E-state index < -0.39 is 0 Å². The minimum absolute atomic E-state index is 0.155. The first-order valence-electron chi connectivity index (χ1n) is 9.56.